The second-order valence-electron chi connectivity index (χ2n) is 19.3. The number of esters is 4. The van der Waals surface area contributed by atoms with Crippen molar-refractivity contribution in [2.75, 3.05) is 13.7 Å². The van der Waals surface area contributed by atoms with Crippen LogP contribution in [0.1, 0.15) is 85.3 Å². The first-order valence-electron chi connectivity index (χ1n) is 23.1. The molecule has 2 saturated carbocycles. The molecule has 16 heteroatoms. The number of methoxy groups -OCH3 is 1. The number of ether oxygens (including phenoxy) is 6. The van der Waals surface area contributed by atoms with Crippen LogP contribution in [0.15, 0.2) is 126 Å². The maximum atomic E-state index is 16.0. The number of rotatable bonds is 13. The summed E-state index contributed by atoms with van der Waals surface area (Å²) in [7, 11) is 1.49. The molecule has 3 aliphatic carbocycles. The van der Waals surface area contributed by atoms with Gasteiger partial charge in [0.2, 0.25) is 0 Å². The zero-order valence-corrected chi connectivity index (χ0v) is 39.7. The van der Waals surface area contributed by atoms with Crippen molar-refractivity contribution in [1.82, 2.24) is 5.32 Å². The predicted molar refractivity (Wildman–Crippen MR) is 249 cm³/mol. The molecule has 8 rings (SSSR count). The Morgan fingerprint density at radius 1 is 0.829 bits per heavy atom. The molecule has 70 heavy (non-hydrogen) atoms. The van der Waals surface area contributed by atoms with E-state index in [0.29, 0.717) is 16.9 Å². The number of aliphatic hydroxyl groups is 3. The maximum absolute atomic E-state index is 16.0. The van der Waals surface area contributed by atoms with E-state index in [4.69, 9.17) is 28.4 Å². The third-order valence-electron chi connectivity index (χ3n) is 15.0. The van der Waals surface area contributed by atoms with Gasteiger partial charge in [0, 0.05) is 30.7 Å². The Morgan fingerprint density at radius 3 is 2.00 bits per heavy atom. The molecule has 0 aromatic heterocycles. The highest BCUT2D eigenvalue weighted by molar-refractivity contribution is 5.96. The number of amides is 1. The van der Waals surface area contributed by atoms with Gasteiger partial charge in [-0.25, -0.2) is 9.59 Å². The summed E-state index contributed by atoms with van der Waals surface area (Å²) in [5, 5.41) is 41.0. The van der Waals surface area contributed by atoms with Crippen molar-refractivity contribution < 1.29 is 72.5 Å². The van der Waals surface area contributed by atoms with Crippen molar-refractivity contribution in [1.29, 1.82) is 0 Å². The highest BCUT2D eigenvalue weighted by atomic mass is 16.6. The van der Waals surface area contributed by atoms with E-state index in [9.17, 15) is 39.3 Å². The van der Waals surface area contributed by atoms with E-state index in [2.05, 4.69) is 5.32 Å². The molecule has 1 aliphatic heterocycles. The summed E-state index contributed by atoms with van der Waals surface area (Å²) in [6, 6.07) is 29.5. The molecule has 368 valence electrons. The highest BCUT2D eigenvalue weighted by Crippen LogP contribution is 2.64. The van der Waals surface area contributed by atoms with E-state index < -0.39 is 113 Å². The molecule has 3 fully saturated rings. The van der Waals surface area contributed by atoms with Gasteiger partial charge in [-0.3, -0.25) is 19.2 Å². The number of hydrogen-bond donors (Lipinski definition) is 4. The van der Waals surface area contributed by atoms with E-state index in [1.807, 2.05) is 0 Å². The van der Waals surface area contributed by atoms with Crippen molar-refractivity contribution in [2.45, 2.75) is 108 Å². The molecular weight excluding hydrogens is 903 g/mol. The Morgan fingerprint density at radius 2 is 1.43 bits per heavy atom. The van der Waals surface area contributed by atoms with Crippen LogP contribution in [0.25, 0.3) is 0 Å². The van der Waals surface area contributed by atoms with Gasteiger partial charge in [-0.1, -0.05) is 92.7 Å². The number of hydrogen-bond acceptors (Lipinski definition) is 15. The van der Waals surface area contributed by atoms with Gasteiger partial charge in [-0.15, -0.1) is 0 Å². The van der Waals surface area contributed by atoms with E-state index in [1.165, 1.54) is 33.1 Å². The lowest BCUT2D eigenvalue weighted by Crippen LogP contribution is -2.82. The number of nitrogens with one attached hydrogen (secondary N) is 1. The zero-order valence-electron chi connectivity index (χ0n) is 39.7. The van der Waals surface area contributed by atoms with Gasteiger partial charge in [0.05, 0.1) is 49.2 Å². The summed E-state index contributed by atoms with van der Waals surface area (Å²) in [4.78, 5) is 86.1. The molecule has 1 heterocycles. The van der Waals surface area contributed by atoms with Gasteiger partial charge in [0.1, 0.15) is 29.7 Å². The van der Waals surface area contributed by atoms with Crippen LogP contribution < -0.4 is 10.1 Å². The van der Waals surface area contributed by atoms with Gasteiger partial charge < -0.3 is 49.1 Å². The highest BCUT2D eigenvalue weighted by Gasteiger charge is 2.78. The predicted octanol–water partition coefficient (Wildman–Crippen LogP) is 4.97. The number of aliphatic hydroxyl groups excluding tert-OH is 2. The molecule has 1 saturated heterocycles. The van der Waals surface area contributed by atoms with Gasteiger partial charge in [-0.2, -0.15) is 0 Å². The SMILES string of the molecule is COc1ccc(CC(=O)O[C@H]2C(=O)[C@@]3(C)C([C@H](OC(=O)c4ccccc4)[C@]4(O)C[C@H](OC(=O)C(O)C(NC(=O)c5ccccc5)c5ccccc5)C(C)=C2C4(C)C)[C@]2(OC(C)=O)CO[C@@H]2C[C@@H]3O)cc1. The fourth-order valence-electron chi connectivity index (χ4n) is 11.1. The average molecular weight is 960 g/mol. The van der Waals surface area contributed by atoms with Crippen LogP contribution in [-0.4, -0.2) is 112 Å². The number of carbonyl (C=O) groups excluding carboxylic acids is 6. The smallest absolute Gasteiger partial charge is 0.338 e. The molecule has 11 atom stereocenters. The molecule has 0 spiro atoms. The molecule has 0 radical (unpaired) electrons. The standard InChI is InChI=1S/C54H57NO15/c1-30-37(67-50(63)43(59)42(33-16-10-7-11-17-33)55-48(61)34-18-12-8-13-19-34)28-54(64)47(69-49(62)35-20-14-9-15-21-35)45-52(5,38(57)27-39-53(45,29-66-39)70-31(2)56)46(60)44(41(30)51(54,3)4)68-40(58)26-32-22-24-36(65-6)25-23-32/h7-25,37-39,42-45,47,57,59,64H,26-29H2,1-6H3,(H,55,61)/t37-,38-,39+,42?,43?,44+,45?,47-,52+,53-,54+/m0/s1. The Bertz CT molecular complexity index is 2670. The van der Waals surface area contributed by atoms with Crippen LogP contribution in [0.4, 0.5) is 0 Å². The summed E-state index contributed by atoms with van der Waals surface area (Å²) in [6.07, 6.45) is -11.2. The lowest BCUT2D eigenvalue weighted by atomic mass is 9.44. The minimum atomic E-state index is -2.44. The molecule has 4 N–H and O–H groups in total. The first kappa shape index (κ1) is 49.7. The minimum Gasteiger partial charge on any atom is -0.497 e. The van der Waals surface area contributed by atoms with Crippen LogP contribution in [0.5, 0.6) is 5.75 Å². The van der Waals surface area contributed by atoms with Crippen molar-refractivity contribution in [2.24, 2.45) is 16.7 Å². The van der Waals surface area contributed by atoms with Crippen molar-refractivity contribution in [3.05, 3.63) is 149 Å². The third-order valence-corrected chi connectivity index (χ3v) is 15.0. The van der Waals surface area contributed by atoms with Crippen molar-refractivity contribution in [3.8, 4) is 5.75 Å². The minimum absolute atomic E-state index is 0.0280. The Hall–Kier alpha value is -6.72. The Balaban J connectivity index is 1.29. The average Bonchev–Trinajstić information content (AvgIpc) is 3.34. The van der Waals surface area contributed by atoms with Crippen molar-refractivity contribution in [3.63, 3.8) is 0 Å². The molecule has 4 aliphatic rings. The molecule has 4 aromatic rings. The van der Waals surface area contributed by atoms with Crippen LogP contribution >= 0.6 is 0 Å². The summed E-state index contributed by atoms with van der Waals surface area (Å²) in [6.45, 7) is 6.90. The quantitative estimate of drug-likeness (QED) is 0.0788. The summed E-state index contributed by atoms with van der Waals surface area (Å²) in [5.74, 6) is -6.42. The van der Waals surface area contributed by atoms with E-state index in [1.54, 1.807) is 117 Å². The topological polar surface area (TPSA) is 231 Å². The monoisotopic (exact) mass is 959 g/mol. The fourth-order valence-corrected chi connectivity index (χ4v) is 11.1. The number of ketones is 1. The Kier molecular flexibility index (Phi) is 13.7. The van der Waals surface area contributed by atoms with Gasteiger partial charge in [-0.05, 0) is 72.5 Å². The second-order valence-corrected chi connectivity index (χ2v) is 19.3. The van der Waals surface area contributed by atoms with Crippen LogP contribution in [0.3, 0.4) is 0 Å². The van der Waals surface area contributed by atoms with Crippen LogP contribution in [-0.2, 0) is 49.3 Å². The molecule has 2 bridgehead atoms. The normalized spacial score (nSPS) is 29.5. The second kappa shape index (κ2) is 19.2. The maximum Gasteiger partial charge on any atom is 0.338 e. The Labute approximate surface area is 404 Å². The van der Waals surface area contributed by atoms with Crippen molar-refractivity contribution >= 4 is 35.6 Å². The first-order valence-corrected chi connectivity index (χ1v) is 23.1. The van der Waals surface area contributed by atoms with Gasteiger partial charge in [0.15, 0.2) is 23.6 Å². The molecule has 4 aromatic carbocycles. The number of benzene rings is 4. The summed E-state index contributed by atoms with van der Waals surface area (Å²) >= 11 is 0. The lowest BCUT2D eigenvalue weighted by Gasteiger charge is -2.67. The van der Waals surface area contributed by atoms with Gasteiger partial charge >= 0.3 is 23.9 Å². The fraction of sp³-hybridized carbons (Fsp3) is 0.407. The molecule has 16 nitrogen and oxygen atoms in total. The number of fused-ring (bicyclic) bond motifs is 5. The van der Waals surface area contributed by atoms with Gasteiger partial charge in [0.25, 0.3) is 5.91 Å². The molecular formula is C54H57NO15. The molecule has 1 amide bonds. The molecule has 3 unspecified atom stereocenters. The largest absolute Gasteiger partial charge is 0.497 e. The van der Waals surface area contributed by atoms with E-state index in [-0.39, 0.29) is 41.7 Å². The summed E-state index contributed by atoms with van der Waals surface area (Å²) < 4.78 is 36.3. The van der Waals surface area contributed by atoms with Crippen LogP contribution in [0, 0.1) is 16.7 Å². The zero-order chi connectivity index (χ0) is 50.3. The number of Topliss-reactive ketones (excluding diaryl/α,β-unsaturated/α-hetero) is 1. The lowest BCUT2D eigenvalue weighted by molar-refractivity contribution is -0.346. The van der Waals surface area contributed by atoms with Crippen LogP contribution in [0.2, 0.25) is 0 Å². The first-order chi connectivity index (χ1) is 33.3. The summed E-state index contributed by atoms with van der Waals surface area (Å²) in [5.41, 5.74) is -6.82. The third kappa shape index (κ3) is 8.67. The van der Waals surface area contributed by atoms with E-state index in [0.717, 1.165) is 6.92 Å². The number of carbonyl (C=O) groups is 6. The van der Waals surface area contributed by atoms with E-state index >= 15 is 4.79 Å².